The van der Waals surface area contributed by atoms with E-state index in [0.717, 1.165) is 11.4 Å². The zero-order valence-electron chi connectivity index (χ0n) is 12.3. The lowest BCUT2D eigenvalue weighted by Crippen LogP contribution is -2.24. The first kappa shape index (κ1) is 14.7. The lowest BCUT2D eigenvalue weighted by molar-refractivity contribution is 0.470. The van der Waals surface area contributed by atoms with Crippen molar-refractivity contribution in [2.75, 3.05) is 5.73 Å². The monoisotopic (exact) mass is 293 g/mol. The van der Waals surface area contributed by atoms with Crippen molar-refractivity contribution in [1.29, 1.82) is 0 Å². The van der Waals surface area contributed by atoms with Crippen LogP contribution in [0.5, 0.6) is 0 Å². The molecular formula is C15H20ClN3O. The summed E-state index contributed by atoms with van der Waals surface area (Å²) in [7, 11) is 0. The lowest BCUT2D eigenvalue weighted by atomic mass is 9.91. The Kier molecular flexibility index (Phi) is 3.69. The van der Waals surface area contributed by atoms with E-state index in [0.29, 0.717) is 17.3 Å². The van der Waals surface area contributed by atoms with E-state index in [9.17, 15) is 4.79 Å². The predicted octanol–water partition coefficient (Wildman–Crippen LogP) is 3.19. The SMILES string of the molecule is CCn1c(C(C)(C)C)c(N)c(=O)n1-c1ccc(Cl)cc1. The molecule has 2 rings (SSSR count). The van der Waals surface area contributed by atoms with Gasteiger partial charge in [-0.2, -0.15) is 0 Å². The number of benzene rings is 1. The molecule has 0 unspecified atom stereocenters. The second-order valence-electron chi connectivity index (χ2n) is 5.82. The fourth-order valence-electron chi connectivity index (χ4n) is 2.49. The van der Waals surface area contributed by atoms with Crippen LogP contribution in [-0.2, 0) is 12.0 Å². The van der Waals surface area contributed by atoms with Crippen molar-refractivity contribution in [2.45, 2.75) is 39.7 Å². The number of nitrogen functional groups attached to an aromatic ring is 1. The van der Waals surface area contributed by atoms with Crippen LogP contribution in [0.15, 0.2) is 29.1 Å². The molecule has 0 aliphatic heterocycles. The molecule has 1 heterocycles. The lowest BCUT2D eigenvalue weighted by Gasteiger charge is -2.22. The molecule has 0 atom stereocenters. The highest BCUT2D eigenvalue weighted by Crippen LogP contribution is 2.27. The van der Waals surface area contributed by atoms with E-state index in [4.69, 9.17) is 17.3 Å². The van der Waals surface area contributed by atoms with Gasteiger partial charge in [0.05, 0.1) is 11.4 Å². The van der Waals surface area contributed by atoms with Crippen LogP contribution in [0.3, 0.4) is 0 Å². The molecular weight excluding hydrogens is 274 g/mol. The first-order valence-corrected chi connectivity index (χ1v) is 7.03. The van der Waals surface area contributed by atoms with Crippen LogP contribution < -0.4 is 11.3 Å². The molecule has 4 nitrogen and oxygen atoms in total. The summed E-state index contributed by atoms with van der Waals surface area (Å²) in [6.45, 7) is 8.83. The molecule has 1 aromatic heterocycles. The van der Waals surface area contributed by atoms with Gasteiger partial charge in [-0.15, -0.1) is 0 Å². The highest BCUT2D eigenvalue weighted by Gasteiger charge is 2.27. The Bertz CT molecular complexity index is 675. The Balaban J connectivity index is 2.78. The smallest absolute Gasteiger partial charge is 0.294 e. The van der Waals surface area contributed by atoms with E-state index in [-0.39, 0.29) is 11.0 Å². The topological polar surface area (TPSA) is 52.9 Å². The number of halogens is 1. The molecule has 0 fully saturated rings. The molecule has 0 saturated heterocycles. The van der Waals surface area contributed by atoms with Crippen LogP contribution >= 0.6 is 11.6 Å². The van der Waals surface area contributed by atoms with E-state index in [1.54, 1.807) is 16.8 Å². The maximum atomic E-state index is 12.5. The van der Waals surface area contributed by atoms with Crippen molar-refractivity contribution in [3.8, 4) is 5.69 Å². The Hall–Kier alpha value is -1.68. The summed E-state index contributed by atoms with van der Waals surface area (Å²) in [4.78, 5) is 12.5. The minimum atomic E-state index is -0.197. The average molecular weight is 294 g/mol. The molecule has 108 valence electrons. The van der Waals surface area contributed by atoms with E-state index in [1.165, 1.54) is 0 Å². The Labute approximate surface area is 123 Å². The Morgan fingerprint density at radius 3 is 2.20 bits per heavy atom. The van der Waals surface area contributed by atoms with Crippen molar-refractivity contribution in [2.24, 2.45) is 0 Å². The summed E-state index contributed by atoms with van der Waals surface area (Å²) in [6, 6.07) is 7.18. The summed E-state index contributed by atoms with van der Waals surface area (Å²) < 4.78 is 3.55. The molecule has 0 bridgehead atoms. The van der Waals surface area contributed by atoms with Gasteiger partial charge in [0.15, 0.2) is 0 Å². The van der Waals surface area contributed by atoms with E-state index < -0.39 is 0 Å². The van der Waals surface area contributed by atoms with E-state index >= 15 is 0 Å². The van der Waals surface area contributed by atoms with E-state index in [1.807, 2.05) is 23.7 Å². The van der Waals surface area contributed by atoms with Gasteiger partial charge in [-0.1, -0.05) is 32.4 Å². The fraction of sp³-hybridized carbons (Fsp3) is 0.400. The minimum Gasteiger partial charge on any atom is -0.393 e. The summed E-state index contributed by atoms with van der Waals surface area (Å²) in [5.41, 5.74) is 7.62. The highest BCUT2D eigenvalue weighted by atomic mass is 35.5. The molecule has 0 saturated carbocycles. The molecule has 0 spiro atoms. The molecule has 20 heavy (non-hydrogen) atoms. The van der Waals surface area contributed by atoms with Crippen molar-refractivity contribution in [3.05, 3.63) is 45.3 Å². The average Bonchev–Trinajstić information content (AvgIpc) is 2.62. The molecule has 2 aromatic rings. The molecule has 0 aliphatic rings. The second-order valence-corrected chi connectivity index (χ2v) is 6.26. The van der Waals surface area contributed by atoms with Gasteiger partial charge in [0.2, 0.25) is 0 Å². The number of aromatic nitrogens is 2. The molecule has 0 radical (unpaired) electrons. The molecule has 2 N–H and O–H groups in total. The van der Waals surface area contributed by atoms with Gasteiger partial charge >= 0.3 is 0 Å². The third-order valence-electron chi connectivity index (χ3n) is 3.26. The van der Waals surface area contributed by atoms with Crippen molar-refractivity contribution < 1.29 is 0 Å². The van der Waals surface area contributed by atoms with Gasteiger partial charge in [0.25, 0.3) is 5.56 Å². The van der Waals surface area contributed by atoms with Crippen molar-refractivity contribution in [3.63, 3.8) is 0 Å². The highest BCUT2D eigenvalue weighted by molar-refractivity contribution is 6.30. The number of nitrogens with zero attached hydrogens (tertiary/aromatic N) is 2. The number of anilines is 1. The predicted molar refractivity (Wildman–Crippen MR) is 83.8 cm³/mol. The zero-order valence-corrected chi connectivity index (χ0v) is 13.0. The van der Waals surface area contributed by atoms with Crippen LogP contribution in [0.25, 0.3) is 5.69 Å². The second kappa shape index (κ2) is 5.02. The molecule has 0 aliphatic carbocycles. The Morgan fingerprint density at radius 2 is 1.75 bits per heavy atom. The maximum absolute atomic E-state index is 12.5. The van der Waals surface area contributed by atoms with Gasteiger partial charge < -0.3 is 5.73 Å². The van der Waals surface area contributed by atoms with Gasteiger partial charge in [-0.25, -0.2) is 4.68 Å². The Morgan fingerprint density at radius 1 is 1.20 bits per heavy atom. The maximum Gasteiger partial charge on any atom is 0.294 e. The van der Waals surface area contributed by atoms with Crippen molar-refractivity contribution in [1.82, 2.24) is 9.36 Å². The molecule has 5 heteroatoms. The largest absolute Gasteiger partial charge is 0.393 e. The van der Waals surface area contributed by atoms with Crippen molar-refractivity contribution >= 4 is 17.3 Å². The third-order valence-corrected chi connectivity index (χ3v) is 3.51. The number of rotatable bonds is 2. The van der Waals surface area contributed by atoms with Crippen LogP contribution in [0.2, 0.25) is 5.02 Å². The quantitative estimate of drug-likeness (QED) is 0.924. The molecule has 1 aromatic carbocycles. The first-order valence-electron chi connectivity index (χ1n) is 6.65. The van der Waals surface area contributed by atoms with E-state index in [2.05, 4.69) is 20.8 Å². The summed E-state index contributed by atoms with van der Waals surface area (Å²) in [5, 5.41) is 0.639. The molecule has 0 amide bonds. The standard InChI is InChI=1S/C15H20ClN3O/c1-5-18-13(15(2,3)4)12(17)14(20)19(18)11-8-6-10(16)7-9-11/h6-9H,5,17H2,1-4H3. The third kappa shape index (κ3) is 2.36. The normalized spacial score (nSPS) is 11.8. The van der Waals surface area contributed by atoms with Gasteiger partial charge in [0, 0.05) is 17.0 Å². The van der Waals surface area contributed by atoms with Crippen LogP contribution in [0.4, 0.5) is 5.69 Å². The number of hydrogen-bond donors (Lipinski definition) is 1. The van der Waals surface area contributed by atoms with Crippen LogP contribution in [-0.4, -0.2) is 9.36 Å². The number of hydrogen-bond acceptors (Lipinski definition) is 2. The van der Waals surface area contributed by atoms with Crippen LogP contribution in [0, 0.1) is 0 Å². The van der Waals surface area contributed by atoms with Gasteiger partial charge in [0.1, 0.15) is 5.69 Å². The summed E-state index contributed by atoms with van der Waals surface area (Å²) >= 11 is 5.90. The first-order chi connectivity index (χ1) is 9.27. The van der Waals surface area contributed by atoms with Gasteiger partial charge in [-0.05, 0) is 31.2 Å². The minimum absolute atomic E-state index is 0.181. The van der Waals surface area contributed by atoms with Crippen LogP contribution in [0.1, 0.15) is 33.4 Å². The summed E-state index contributed by atoms with van der Waals surface area (Å²) in [5.74, 6) is 0. The number of nitrogens with two attached hydrogens (primary N) is 1. The fourth-order valence-corrected chi connectivity index (χ4v) is 2.62. The van der Waals surface area contributed by atoms with Gasteiger partial charge in [-0.3, -0.25) is 9.48 Å². The zero-order chi connectivity index (χ0) is 15.1. The summed E-state index contributed by atoms with van der Waals surface area (Å²) in [6.07, 6.45) is 0.